The zero-order valence-electron chi connectivity index (χ0n) is 17.2. The second-order valence-electron chi connectivity index (χ2n) is 7.82. The zero-order chi connectivity index (χ0) is 22.1. The van der Waals surface area contributed by atoms with Gasteiger partial charge in [-0.2, -0.15) is 5.26 Å². The van der Waals surface area contributed by atoms with Crippen molar-refractivity contribution in [3.05, 3.63) is 59.5 Å². The number of anilines is 2. The lowest BCUT2D eigenvalue weighted by Gasteiger charge is -2.30. The molecule has 5 rings (SSSR count). The average molecular weight is 486 g/mol. The van der Waals surface area contributed by atoms with Gasteiger partial charge in [0.25, 0.3) is 0 Å². The summed E-state index contributed by atoms with van der Waals surface area (Å²) in [4.78, 5) is 20.2. The summed E-state index contributed by atoms with van der Waals surface area (Å²) < 4.78 is 0.975. The highest BCUT2D eigenvalue weighted by Crippen LogP contribution is 2.35. The molecule has 0 amide bonds. The minimum absolute atomic E-state index is 0.151. The number of pyridine rings is 2. The lowest BCUT2D eigenvalue weighted by molar-refractivity contribution is 0.485. The van der Waals surface area contributed by atoms with Crippen molar-refractivity contribution in [1.82, 2.24) is 19.9 Å². The predicted molar refractivity (Wildman–Crippen MR) is 129 cm³/mol. The van der Waals surface area contributed by atoms with E-state index in [1.54, 1.807) is 0 Å². The standard InChI is InChI=1S/C24H20BrN7/c25-18-3-1-2-16(10-18)19-11-20(31-24-22(19)23(27)29-14-30-24)17-4-5-21(28-13-17)32-8-6-15(12-26)7-9-32/h1-5,10-11,13-15H,6-9H2,(H2,27,29,30,31). The van der Waals surface area contributed by atoms with Crippen LogP contribution in [0.3, 0.4) is 0 Å². The number of aromatic nitrogens is 4. The van der Waals surface area contributed by atoms with Gasteiger partial charge >= 0.3 is 0 Å². The molecule has 1 aliphatic heterocycles. The summed E-state index contributed by atoms with van der Waals surface area (Å²) >= 11 is 3.55. The molecule has 0 aliphatic carbocycles. The van der Waals surface area contributed by atoms with Crippen molar-refractivity contribution in [2.45, 2.75) is 12.8 Å². The van der Waals surface area contributed by atoms with Gasteiger partial charge in [0.2, 0.25) is 0 Å². The maximum Gasteiger partial charge on any atom is 0.165 e. The van der Waals surface area contributed by atoms with Crippen LogP contribution >= 0.6 is 15.9 Å². The SMILES string of the molecule is N#CC1CCN(c2ccc(-c3cc(-c4cccc(Br)c4)c4c(N)ncnc4n3)cn2)CC1. The molecule has 158 valence electrons. The van der Waals surface area contributed by atoms with Gasteiger partial charge in [-0.15, -0.1) is 0 Å². The zero-order valence-corrected chi connectivity index (χ0v) is 18.8. The first-order valence-electron chi connectivity index (χ1n) is 10.4. The molecule has 32 heavy (non-hydrogen) atoms. The van der Waals surface area contributed by atoms with E-state index in [0.29, 0.717) is 11.5 Å². The third-order valence-electron chi connectivity index (χ3n) is 5.81. The molecule has 1 fully saturated rings. The number of benzene rings is 1. The molecular formula is C24H20BrN7. The molecule has 0 unspecified atom stereocenters. The van der Waals surface area contributed by atoms with Gasteiger partial charge in [0.1, 0.15) is 18.0 Å². The van der Waals surface area contributed by atoms with Crippen LogP contribution in [0.5, 0.6) is 0 Å². The number of piperidine rings is 1. The van der Waals surface area contributed by atoms with Crippen LogP contribution in [0.15, 0.2) is 59.5 Å². The number of nitrogens with two attached hydrogens (primary N) is 1. The molecule has 1 saturated heterocycles. The van der Waals surface area contributed by atoms with Crippen molar-refractivity contribution >= 4 is 38.6 Å². The fraction of sp³-hybridized carbons (Fsp3) is 0.208. The van der Waals surface area contributed by atoms with E-state index in [1.807, 2.05) is 48.7 Å². The molecule has 0 radical (unpaired) electrons. The van der Waals surface area contributed by atoms with Gasteiger partial charge in [-0.3, -0.25) is 0 Å². The number of halogens is 1. The van der Waals surface area contributed by atoms with Crippen LogP contribution in [0.2, 0.25) is 0 Å². The number of nitriles is 1. The van der Waals surface area contributed by atoms with E-state index in [2.05, 4.69) is 41.9 Å². The summed E-state index contributed by atoms with van der Waals surface area (Å²) in [5.74, 6) is 1.47. The Labute approximate surface area is 194 Å². The summed E-state index contributed by atoms with van der Waals surface area (Å²) in [6, 6.07) is 16.5. The van der Waals surface area contributed by atoms with Gasteiger partial charge in [0, 0.05) is 35.2 Å². The fourth-order valence-electron chi connectivity index (χ4n) is 4.08. The quantitative estimate of drug-likeness (QED) is 0.442. The second kappa shape index (κ2) is 8.52. The number of hydrogen-bond acceptors (Lipinski definition) is 7. The fourth-order valence-corrected chi connectivity index (χ4v) is 4.48. The largest absolute Gasteiger partial charge is 0.383 e. The average Bonchev–Trinajstić information content (AvgIpc) is 2.84. The summed E-state index contributed by atoms with van der Waals surface area (Å²) in [6.07, 6.45) is 5.03. The van der Waals surface area contributed by atoms with Crippen LogP contribution in [-0.2, 0) is 0 Å². The Morgan fingerprint density at radius 1 is 1.03 bits per heavy atom. The van der Waals surface area contributed by atoms with E-state index in [9.17, 15) is 0 Å². The number of nitrogens with zero attached hydrogens (tertiary/aromatic N) is 6. The van der Waals surface area contributed by atoms with E-state index in [4.69, 9.17) is 16.0 Å². The summed E-state index contributed by atoms with van der Waals surface area (Å²) in [5, 5.41) is 9.85. The number of fused-ring (bicyclic) bond motifs is 1. The molecule has 0 atom stereocenters. The molecule has 8 heteroatoms. The van der Waals surface area contributed by atoms with E-state index in [-0.39, 0.29) is 5.92 Å². The van der Waals surface area contributed by atoms with Crippen molar-refractivity contribution in [3.63, 3.8) is 0 Å². The third kappa shape index (κ3) is 3.87. The van der Waals surface area contributed by atoms with Gasteiger partial charge in [0.15, 0.2) is 5.65 Å². The van der Waals surface area contributed by atoms with Crippen LogP contribution in [0.25, 0.3) is 33.4 Å². The molecular weight excluding hydrogens is 466 g/mol. The Morgan fingerprint density at radius 3 is 2.59 bits per heavy atom. The maximum atomic E-state index is 9.11. The Morgan fingerprint density at radius 2 is 1.88 bits per heavy atom. The molecule has 1 aliphatic rings. The van der Waals surface area contributed by atoms with E-state index in [0.717, 1.165) is 64.0 Å². The number of hydrogen-bond donors (Lipinski definition) is 1. The van der Waals surface area contributed by atoms with Crippen molar-refractivity contribution in [2.24, 2.45) is 5.92 Å². The van der Waals surface area contributed by atoms with Crippen LogP contribution in [0, 0.1) is 17.2 Å². The monoisotopic (exact) mass is 485 g/mol. The Hall–Kier alpha value is -3.57. The van der Waals surface area contributed by atoms with Gasteiger partial charge < -0.3 is 10.6 Å². The molecule has 0 spiro atoms. The second-order valence-corrected chi connectivity index (χ2v) is 8.73. The van der Waals surface area contributed by atoms with Crippen LogP contribution in [0.1, 0.15) is 12.8 Å². The topological polar surface area (TPSA) is 105 Å². The Bertz CT molecular complexity index is 1320. The van der Waals surface area contributed by atoms with Crippen molar-refractivity contribution in [3.8, 4) is 28.5 Å². The lowest BCUT2D eigenvalue weighted by Crippen LogP contribution is -2.33. The first-order chi connectivity index (χ1) is 15.6. The molecule has 1 aromatic carbocycles. The van der Waals surface area contributed by atoms with Crippen molar-refractivity contribution in [1.29, 1.82) is 5.26 Å². The number of rotatable bonds is 3. The molecule has 4 heterocycles. The van der Waals surface area contributed by atoms with Crippen LogP contribution < -0.4 is 10.6 Å². The van der Waals surface area contributed by atoms with E-state index in [1.165, 1.54) is 6.33 Å². The Balaban J connectivity index is 1.54. The minimum Gasteiger partial charge on any atom is -0.383 e. The molecule has 7 nitrogen and oxygen atoms in total. The highest BCUT2D eigenvalue weighted by Gasteiger charge is 2.20. The predicted octanol–water partition coefficient (Wildman–Crippen LogP) is 4.84. The Kier molecular flexibility index (Phi) is 5.41. The molecule has 0 saturated carbocycles. The first kappa shape index (κ1) is 20.3. The molecule has 4 aromatic rings. The van der Waals surface area contributed by atoms with Gasteiger partial charge in [-0.1, -0.05) is 28.1 Å². The van der Waals surface area contributed by atoms with Crippen LogP contribution in [-0.4, -0.2) is 33.0 Å². The maximum absolute atomic E-state index is 9.11. The van der Waals surface area contributed by atoms with Crippen molar-refractivity contribution in [2.75, 3.05) is 23.7 Å². The number of nitrogen functional groups attached to an aromatic ring is 1. The summed E-state index contributed by atoms with van der Waals surface area (Å²) in [6.45, 7) is 1.70. The van der Waals surface area contributed by atoms with E-state index >= 15 is 0 Å². The molecule has 3 aromatic heterocycles. The summed E-state index contributed by atoms with van der Waals surface area (Å²) in [5.41, 5.74) is 10.3. The van der Waals surface area contributed by atoms with E-state index < -0.39 is 0 Å². The van der Waals surface area contributed by atoms with Gasteiger partial charge in [-0.25, -0.2) is 19.9 Å². The normalized spacial score (nSPS) is 14.4. The van der Waals surface area contributed by atoms with Crippen LogP contribution in [0.4, 0.5) is 11.6 Å². The first-order valence-corrected chi connectivity index (χ1v) is 11.2. The molecule has 0 bridgehead atoms. The third-order valence-corrected chi connectivity index (χ3v) is 6.31. The van der Waals surface area contributed by atoms with Crippen molar-refractivity contribution < 1.29 is 0 Å². The smallest absolute Gasteiger partial charge is 0.165 e. The molecule has 2 N–H and O–H groups in total. The minimum atomic E-state index is 0.151. The van der Waals surface area contributed by atoms with Gasteiger partial charge in [-0.05, 0) is 54.3 Å². The lowest BCUT2D eigenvalue weighted by atomic mass is 9.98. The highest BCUT2D eigenvalue weighted by molar-refractivity contribution is 9.10. The highest BCUT2D eigenvalue weighted by atomic mass is 79.9. The summed E-state index contributed by atoms with van der Waals surface area (Å²) in [7, 11) is 0. The van der Waals surface area contributed by atoms with Gasteiger partial charge in [0.05, 0.1) is 17.1 Å².